The highest BCUT2D eigenvalue weighted by atomic mass is 32.2. The molecule has 90 valence electrons. The van der Waals surface area contributed by atoms with E-state index in [9.17, 15) is 5.11 Å². The maximum atomic E-state index is 10.2. The van der Waals surface area contributed by atoms with E-state index in [-0.39, 0.29) is 0 Å². The minimum Gasteiger partial charge on any atom is -0.388 e. The number of thioether (sulfide) groups is 1. The van der Waals surface area contributed by atoms with Gasteiger partial charge in [-0.1, -0.05) is 20.3 Å². The van der Waals surface area contributed by atoms with Crippen LogP contribution in [0.4, 0.5) is 0 Å². The molecule has 3 heteroatoms. The first kappa shape index (κ1) is 13.3. The molecule has 1 saturated carbocycles. The fourth-order valence-electron chi connectivity index (χ4n) is 2.34. The number of aliphatic hydroxyl groups is 1. The highest BCUT2D eigenvalue weighted by Crippen LogP contribution is 2.38. The van der Waals surface area contributed by atoms with Gasteiger partial charge >= 0.3 is 0 Å². The highest BCUT2D eigenvalue weighted by Gasteiger charge is 2.39. The second-order valence-corrected chi connectivity index (χ2v) is 6.32. The van der Waals surface area contributed by atoms with Gasteiger partial charge in [0.05, 0.1) is 5.60 Å². The van der Waals surface area contributed by atoms with Crippen LogP contribution in [0.15, 0.2) is 0 Å². The van der Waals surface area contributed by atoms with Crippen molar-refractivity contribution in [3.63, 3.8) is 0 Å². The lowest BCUT2D eigenvalue weighted by Crippen LogP contribution is -2.41. The van der Waals surface area contributed by atoms with Gasteiger partial charge in [-0.15, -0.1) is 0 Å². The predicted molar refractivity (Wildman–Crippen MR) is 68.2 cm³/mol. The van der Waals surface area contributed by atoms with Crippen molar-refractivity contribution in [2.75, 3.05) is 12.3 Å². The molecule has 0 spiro atoms. The van der Waals surface area contributed by atoms with Crippen molar-refractivity contribution in [2.24, 2.45) is 11.7 Å². The number of hydrogen-bond donors (Lipinski definition) is 2. The predicted octanol–water partition coefficient (Wildman–Crippen LogP) is 2.40. The van der Waals surface area contributed by atoms with E-state index in [1.165, 1.54) is 12.2 Å². The molecule has 0 bridgehead atoms. The Morgan fingerprint density at radius 3 is 2.93 bits per heavy atom. The van der Waals surface area contributed by atoms with Crippen molar-refractivity contribution < 1.29 is 5.11 Å². The molecule has 0 aromatic rings. The van der Waals surface area contributed by atoms with Crippen LogP contribution >= 0.6 is 11.8 Å². The molecular weight excluding hydrogens is 206 g/mol. The SMILES string of the molecule is CCC(C)SCCC1CCCC1(O)CN. The third-order valence-corrected chi connectivity index (χ3v) is 5.09. The third kappa shape index (κ3) is 3.65. The fourth-order valence-corrected chi connectivity index (χ4v) is 3.40. The molecule has 0 aromatic carbocycles. The van der Waals surface area contributed by atoms with Crippen molar-refractivity contribution in [1.82, 2.24) is 0 Å². The van der Waals surface area contributed by atoms with Crippen molar-refractivity contribution in [2.45, 2.75) is 56.8 Å². The van der Waals surface area contributed by atoms with Gasteiger partial charge in [-0.05, 0) is 37.4 Å². The largest absolute Gasteiger partial charge is 0.388 e. The van der Waals surface area contributed by atoms with Crippen molar-refractivity contribution in [1.29, 1.82) is 0 Å². The Kier molecular flexibility index (Phi) is 5.44. The lowest BCUT2D eigenvalue weighted by Gasteiger charge is -2.28. The Balaban J connectivity index is 2.26. The summed E-state index contributed by atoms with van der Waals surface area (Å²) in [6.45, 7) is 4.93. The van der Waals surface area contributed by atoms with Crippen LogP contribution in [0.25, 0.3) is 0 Å². The Bertz CT molecular complexity index is 188. The molecule has 0 amide bonds. The Morgan fingerprint density at radius 1 is 1.60 bits per heavy atom. The van der Waals surface area contributed by atoms with Gasteiger partial charge < -0.3 is 10.8 Å². The van der Waals surface area contributed by atoms with Gasteiger partial charge in [-0.2, -0.15) is 11.8 Å². The van der Waals surface area contributed by atoms with Crippen LogP contribution < -0.4 is 5.73 Å². The van der Waals surface area contributed by atoms with E-state index in [2.05, 4.69) is 13.8 Å². The Labute approximate surface area is 98.0 Å². The van der Waals surface area contributed by atoms with E-state index in [4.69, 9.17) is 5.73 Å². The molecule has 3 atom stereocenters. The Morgan fingerprint density at radius 2 is 2.33 bits per heavy atom. The van der Waals surface area contributed by atoms with Crippen LogP contribution in [0.2, 0.25) is 0 Å². The molecule has 0 aliphatic heterocycles. The van der Waals surface area contributed by atoms with E-state index in [1.807, 2.05) is 11.8 Å². The van der Waals surface area contributed by atoms with E-state index >= 15 is 0 Å². The molecule has 0 radical (unpaired) electrons. The summed E-state index contributed by atoms with van der Waals surface area (Å²) in [5.74, 6) is 1.61. The summed E-state index contributed by atoms with van der Waals surface area (Å²) in [6, 6.07) is 0. The minimum atomic E-state index is -0.546. The molecule has 3 unspecified atom stereocenters. The summed E-state index contributed by atoms with van der Waals surface area (Å²) in [7, 11) is 0. The van der Waals surface area contributed by atoms with E-state index in [0.717, 1.165) is 30.9 Å². The van der Waals surface area contributed by atoms with E-state index < -0.39 is 5.60 Å². The zero-order valence-electron chi connectivity index (χ0n) is 10.0. The topological polar surface area (TPSA) is 46.2 Å². The number of nitrogens with two attached hydrogens (primary N) is 1. The summed E-state index contributed by atoms with van der Waals surface area (Å²) in [5, 5.41) is 11.0. The molecule has 1 rings (SSSR count). The Hall–Kier alpha value is 0.270. The van der Waals surface area contributed by atoms with Gasteiger partial charge in [0.1, 0.15) is 0 Å². The summed E-state index contributed by atoms with van der Waals surface area (Å²) < 4.78 is 0. The number of hydrogen-bond acceptors (Lipinski definition) is 3. The molecule has 1 aliphatic carbocycles. The van der Waals surface area contributed by atoms with Crippen LogP contribution in [-0.2, 0) is 0 Å². The first-order valence-electron chi connectivity index (χ1n) is 6.16. The maximum absolute atomic E-state index is 10.2. The zero-order chi connectivity index (χ0) is 11.3. The maximum Gasteiger partial charge on any atom is 0.0797 e. The lowest BCUT2D eigenvalue weighted by atomic mass is 9.89. The molecule has 3 N–H and O–H groups in total. The van der Waals surface area contributed by atoms with Crippen LogP contribution in [0.3, 0.4) is 0 Å². The monoisotopic (exact) mass is 231 g/mol. The van der Waals surface area contributed by atoms with Crippen LogP contribution in [0.1, 0.15) is 46.0 Å². The molecular formula is C12H25NOS. The van der Waals surface area contributed by atoms with Gasteiger partial charge in [0.25, 0.3) is 0 Å². The van der Waals surface area contributed by atoms with Crippen molar-refractivity contribution >= 4 is 11.8 Å². The average molecular weight is 231 g/mol. The zero-order valence-corrected chi connectivity index (χ0v) is 10.9. The molecule has 0 aromatic heterocycles. The standard InChI is InChI=1S/C12H25NOS/c1-3-10(2)15-8-6-11-5-4-7-12(11,14)9-13/h10-11,14H,3-9,13H2,1-2H3. The van der Waals surface area contributed by atoms with Gasteiger partial charge in [0.15, 0.2) is 0 Å². The second-order valence-electron chi connectivity index (χ2n) is 4.78. The van der Waals surface area contributed by atoms with Gasteiger partial charge in [-0.3, -0.25) is 0 Å². The summed E-state index contributed by atoms with van der Waals surface area (Å²) >= 11 is 2.02. The normalized spacial score (nSPS) is 33.2. The van der Waals surface area contributed by atoms with Crippen LogP contribution in [-0.4, -0.2) is 28.3 Å². The quantitative estimate of drug-likeness (QED) is 0.738. The van der Waals surface area contributed by atoms with Crippen LogP contribution in [0.5, 0.6) is 0 Å². The van der Waals surface area contributed by atoms with Crippen molar-refractivity contribution in [3.05, 3.63) is 0 Å². The fraction of sp³-hybridized carbons (Fsp3) is 1.00. The van der Waals surface area contributed by atoms with Gasteiger partial charge in [-0.25, -0.2) is 0 Å². The summed E-state index contributed by atoms with van der Waals surface area (Å²) in [4.78, 5) is 0. The van der Waals surface area contributed by atoms with Gasteiger partial charge in [0, 0.05) is 11.8 Å². The minimum absolute atomic E-state index is 0.436. The van der Waals surface area contributed by atoms with E-state index in [0.29, 0.717) is 12.5 Å². The molecule has 0 heterocycles. The van der Waals surface area contributed by atoms with Crippen molar-refractivity contribution in [3.8, 4) is 0 Å². The molecule has 1 fully saturated rings. The average Bonchev–Trinajstić information content (AvgIpc) is 2.61. The first-order valence-corrected chi connectivity index (χ1v) is 7.21. The number of rotatable bonds is 6. The molecule has 15 heavy (non-hydrogen) atoms. The molecule has 2 nitrogen and oxygen atoms in total. The van der Waals surface area contributed by atoms with Crippen LogP contribution in [0, 0.1) is 5.92 Å². The smallest absolute Gasteiger partial charge is 0.0797 e. The lowest BCUT2D eigenvalue weighted by molar-refractivity contribution is 0.0103. The third-order valence-electron chi connectivity index (χ3n) is 3.72. The first-order chi connectivity index (χ1) is 7.12. The molecule has 0 saturated heterocycles. The molecule has 1 aliphatic rings. The van der Waals surface area contributed by atoms with E-state index in [1.54, 1.807) is 0 Å². The highest BCUT2D eigenvalue weighted by molar-refractivity contribution is 7.99. The summed E-state index contributed by atoms with van der Waals surface area (Å²) in [5.41, 5.74) is 5.11. The summed E-state index contributed by atoms with van der Waals surface area (Å²) in [6.07, 6.45) is 5.57. The second kappa shape index (κ2) is 6.12. The van der Waals surface area contributed by atoms with Gasteiger partial charge in [0.2, 0.25) is 0 Å².